The van der Waals surface area contributed by atoms with Crippen LogP contribution in [0.1, 0.15) is 55.8 Å². The normalized spacial score (nSPS) is 14.5. The van der Waals surface area contributed by atoms with E-state index in [9.17, 15) is 9.59 Å². The molecule has 5 rings (SSSR count). The molecule has 44 heavy (non-hydrogen) atoms. The van der Waals surface area contributed by atoms with Gasteiger partial charge in [0.1, 0.15) is 12.4 Å². The summed E-state index contributed by atoms with van der Waals surface area (Å²) in [7, 11) is 3.14. The van der Waals surface area contributed by atoms with E-state index in [2.05, 4.69) is 6.92 Å². The molecule has 4 aromatic rings. The number of fused-ring (bicyclic) bond motifs is 1. The van der Waals surface area contributed by atoms with Crippen molar-refractivity contribution in [2.24, 2.45) is 4.99 Å². The van der Waals surface area contributed by atoms with E-state index in [0.29, 0.717) is 38.7 Å². The molecule has 228 valence electrons. The average Bonchev–Trinajstić information content (AvgIpc) is 3.35. The van der Waals surface area contributed by atoms with E-state index < -0.39 is 12.0 Å². The molecule has 1 aromatic heterocycles. The summed E-state index contributed by atoms with van der Waals surface area (Å²) in [6.07, 6.45) is 5.00. The smallest absolute Gasteiger partial charge is 0.338 e. The Kier molecular flexibility index (Phi) is 9.96. The van der Waals surface area contributed by atoms with Crippen LogP contribution in [0.2, 0.25) is 0 Å². The molecule has 0 N–H and O–H groups in total. The summed E-state index contributed by atoms with van der Waals surface area (Å²) in [6.45, 7) is 4.68. The number of thiazole rings is 1. The summed E-state index contributed by atoms with van der Waals surface area (Å²) in [5, 5.41) is 0. The Labute approximate surface area is 260 Å². The standard InChI is InChI=1S/C35H36N2O6S/c1-5-6-10-19-42-27-16-14-26(15-17-27)32-31(34(39)43-22-24-11-8-7-9-12-24)23(2)36-35-37(32)33(38)30(44-35)21-25-13-18-28(40-3)29(20-25)41-4/h7-9,11-18,20-21,32H,5-6,10,19,22H2,1-4H3. The third-order valence-electron chi connectivity index (χ3n) is 7.37. The molecule has 0 saturated heterocycles. The number of carbonyl (C=O) groups is 1. The largest absolute Gasteiger partial charge is 0.494 e. The molecule has 0 amide bonds. The van der Waals surface area contributed by atoms with Crippen LogP contribution in [-0.2, 0) is 16.1 Å². The van der Waals surface area contributed by atoms with Gasteiger partial charge in [0.05, 0.1) is 42.7 Å². The van der Waals surface area contributed by atoms with Crippen LogP contribution < -0.4 is 29.1 Å². The zero-order valence-electron chi connectivity index (χ0n) is 25.4. The van der Waals surface area contributed by atoms with Crippen LogP contribution in [0.3, 0.4) is 0 Å². The van der Waals surface area contributed by atoms with Crippen LogP contribution in [0.25, 0.3) is 6.08 Å². The summed E-state index contributed by atoms with van der Waals surface area (Å²) in [4.78, 5) is 32.9. The van der Waals surface area contributed by atoms with E-state index >= 15 is 0 Å². The predicted molar refractivity (Wildman–Crippen MR) is 171 cm³/mol. The summed E-state index contributed by atoms with van der Waals surface area (Å²) >= 11 is 1.27. The minimum atomic E-state index is -0.726. The van der Waals surface area contributed by atoms with Gasteiger partial charge in [-0.25, -0.2) is 9.79 Å². The van der Waals surface area contributed by atoms with Gasteiger partial charge in [0.15, 0.2) is 16.3 Å². The molecule has 0 spiro atoms. The van der Waals surface area contributed by atoms with Crippen molar-refractivity contribution in [1.29, 1.82) is 0 Å². The molecular formula is C35H36N2O6S. The number of nitrogens with zero attached hydrogens (tertiary/aromatic N) is 2. The topological polar surface area (TPSA) is 88.4 Å². The Bertz CT molecular complexity index is 1820. The molecule has 2 heterocycles. The second-order valence-electron chi connectivity index (χ2n) is 10.4. The van der Waals surface area contributed by atoms with Crippen LogP contribution in [0, 0.1) is 0 Å². The fourth-order valence-corrected chi connectivity index (χ4v) is 6.13. The highest BCUT2D eigenvalue weighted by Gasteiger charge is 2.33. The summed E-state index contributed by atoms with van der Waals surface area (Å²) < 4.78 is 24.5. The second-order valence-corrected chi connectivity index (χ2v) is 11.4. The fourth-order valence-electron chi connectivity index (χ4n) is 5.08. The van der Waals surface area contributed by atoms with Crippen LogP contribution >= 0.6 is 11.3 Å². The molecule has 1 aliphatic rings. The molecule has 0 aliphatic carbocycles. The molecule has 0 saturated carbocycles. The van der Waals surface area contributed by atoms with Gasteiger partial charge in [-0.05, 0) is 60.4 Å². The van der Waals surface area contributed by atoms with Gasteiger partial charge in [-0.3, -0.25) is 9.36 Å². The number of unbranched alkanes of at least 4 members (excludes halogenated alkanes) is 2. The van der Waals surface area contributed by atoms with Crippen LogP contribution in [0.5, 0.6) is 17.2 Å². The first-order chi connectivity index (χ1) is 21.4. The van der Waals surface area contributed by atoms with Crippen molar-refractivity contribution < 1.29 is 23.7 Å². The number of hydrogen-bond acceptors (Lipinski definition) is 8. The van der Waals surface area contributed by atoms with E-state index in [0.717, 1.165) is 41.7 Å². The van der Waals surface area contributed by atoms with Crippen molar-refractivity contribution in [3.05, 3.63) is 120 Å². The zero-order valence-corrected chi connectivity index (χ0v) is 26.2. The van der Waals surface area contributed by atoms with Crippen LogP contribution in [-0.4, -0.2) is 31.4 Å². The van der Waals surface area contributed by atoms with Gasteiger partial charge < -0.3 is 18.9 Å². The maximum absolute atomic E-state index is 14.0. The Morgan fingerprint density at radius 1 is 0.977 bits per heavy atom. The second kappa shape index (κ2) is 14.2. The lowest BCUT2D eigenvalue weighted by atomic mass is 9.96. The van der Waals surface area contributed by atoms with Crippen molar-refractivity contribution in [3.8, 4) is 17.2 Å². The lowest BCUT2D eigenvalue weighted by molar-refractivity contribution is -0.140. The highest BCUT2D eigenvalue weighted by atomic mass is 32.1. The predicted octanol–water partition coefficient (Wildman–Crippen LogP) is 5.56. The first kappa shape index (κ1) is 30.8. The number of ether oxygens (including phenoxy) is 4. The molecule has 0 radical (unpaired) electrons. The monoisotopic (exact) mass is 612 g/mol. The summed E-state index contributed by atoms with van der Waals surface area (Å²) in [5.74, 6) is 1.37. The van der Waals surface area contributed by atoms with Gasteiger partial charge in [-0.2, -0.15) is 0 Å². The SMILES string of the molecule is CCCCCOc1ccc(C2C(C(=O)OCc3ccccc3)=C(C)N=c3sc(=Cc4ccc(OC)c(OC)c4)c(=O)n32)cc1. The van der Waals surface area contributed by atoms with Gasteiger partial charge in [0.2, 0.25) is 0 Å². The van der Waals surface area contributed by atoms with E-state index in [4.69, 9.17) is 23.9 Å². The molecule has 9 heteroatoms. The molecule has 1 unspecified atom stereocenters. The van der Waals surface area contributed by atoms with Crippen molar-refractivity contribution in [2.75, 3.05) is 20.8 Å². The number of allylic oxidation sites excluding steroid dienone is 1. The van der Waals surface area contributed by atoms with Gasteiger partial charge in [-0.1, -0.05) is 79.6 Å². The number of rotatable bonds is 12. The Hall–Kier alpha value is -4.63. The molecule has 3 aromatic carbocycles. The molecule has 0 fully saturated rings. The maximum atomic E-state index is 14.0. The van der Waals surface area contributed by atoms with E-state index in [1.807, 2.05) is 66.7 Å². The van der Waals surface area contributed by atoms with E-state index in [1.165, 1.54) is 11.3 Å². The van der Waals surface area contributed by atoms with Gasteiger partial charge in [-0.15, -0.1) is 0 Å². The highest BCUT2D eigenvalue weighted by molar-refractivity contribution is 7.07. The van der Waals surface area contributed by atoms with Crippen molar-refractivity contribution in [1.82, 2.24) is 4.57 Å². The summed E-state index contributed by atoms with van der Waals surface area (Å²) in [6, 6.07) is 21.8. The zero-order chi connectivity index (χ0) is 31.1. The number of esters is 1. The van der Waals surface area contributed by atoms with Crippen molar-refractivity contribution in [3.63, 3.8) is 0 Å². The minimum Gasteiger partial charge on any atom is -0.494 e. The van der Waals surface area contributed by atoms with Crippen molar-refractivity contribution in [2.45, 2.75) is 45.8 Å². The Morgan fingerprint density at radius 3 is 2.43 bits per heavy atom. The number of carbonyl (C=O) groups excluding carboxylic acids is 1. The van der Waals surface area contributed by atoms with Crippen LogP contribution in [0.15, 0.2) is 93.9 Å². The highest BCUT2D eigenvalue weighted by Crippen LogP contribution is 2.32. The number of benzene rings is 3. The maximum Gasteiger partial charge on any atom is 0.338 e. The number of hydrogen-bond donors (Lipinski definition) is 0. The van der Waals surface area contributed by atoms with Gasteiger partial charge >= 0.3 is 5.97 Å². The molecular weight excluding hydrogens is 576 g/mol. The third-order valence-corrected chi connectivity index (χ3v) is 8.36. The molecule has 8 nitrogen and oxygen atoms in total. The van der Waals surface area contributed by atoms with Crippen LogP contribution in [0.4, 0.5) is 0 Å². The average molecular weight is 613 g/mol. The third kappa shape index (κ3) is 6.78. The Morgan fingerprint density at radius 2 is 1.73 bits per heavy atom. The first-order valence-electron chi connectivity index (χ1n) is 14.6. The molecule has 1 atom stereocenters. The lowest BCUT2D eigenvalue weighted by Gasteiger charge is -2.25. The van der Waals surface area contributed by atoms with Crippen molar-refractivity contribution >= 4 is 23.4 Å². The fraction of sp³-hybridized carbons (Fsp3) is 0.286. The van der Waals surface area contributed by atoms with Gasteiger partial charge in [0.25, 0.3) is 5.56 Å². The number of aromatic nitrogens is 1. The summed E-state index contributed by atoms with van der Waals surface area (Å²) in [5.41, 5.74) is 2.97. The molecule has 1 aliphatic heterocycles. The number of methoxy groups -OCH3 is 2. The minimum absolute atomic E-state index is 0.109. The lowest BCUT2D eigenvalue weighted by Crippen LogP contribution is -2.39. The quantitative estimate of drug-likeness (QED) is 0.154. The van der Waals surface area contributed by atoms with E-state index in [1.54, 1.807) is 37.9 Å². The molecule has 0 bridgehead atoms. The van der Waals surface area contributed by atoms with E-state index in [-0.39, 0.29) is 12.2 Å². The van der Waals surface area contributed by atoms with Gasteiger partial charge in [0, 0.05) is 0 Å². The first-order valence-corrected chi connectivity index (χ1v) is 15.4. The Balaban J connectivity index is 1.55.